The van der Waals surface area contributed by atoms with Crippen LogP contribution in [-0.2, 0) is 16.0 Å². The summed E-state index contributed by atoms with van der Waals surface area (Å²) >= 11 is 0. The number of nitrogens with one attached hydrogen (secondary N) is 1. The first kappa shape index (κ1) is 13.2. The molecule has 0 spiro atoms. The van der Waals surface area contributed by atoms with Crippen molar-refractivity contribution in [2.75, 3.05) is 13.7 Å². The topological polar surface area (TPSA) is 55.4 Å². The Balaban J connectivity index is 2.35. The Morgan fingerprint density at radius 3 is 2.76 bits per heavy atom. The highest BCUT2D eigenvalue weighted by Crippen LogP contribution is 2.12. The first-order valence-corrected chi connectivity index (χ1v) is 5.51. The minimum Gasteiger partial charge on any atom is -0.497 e. The van der Waals surface area contributed by atoms with E-state index in [2.05, 4.69) is 5.32 Å². The second kappa shape index (κ2) is 6.68. The summed E-state index contributed by atoms with van der Waals surface area (Å²) < 4.78 is 5.10. The van der Waals surface area contributed by atoms with Gasteiger partial charge in [0, 0.05) is 6.54 Å². The van der Waals surface area contributed by atoms with E-state index in [1.807, 2.05) is 24.3 Å². The fourth-order valence-electron chi connectivity index (χ4n) is 1.46. The van der Waals surface area contributed by atoms with Crippen molar-refractivity contribution < 1.29 is 14.3 Å². The van der Waals surface area contributed by atoms with Gasteiger partial charge in [0.15, 0.2) is 0 Å². The van der Waals surface area contributed by atoms with Gasteiger partial charge in [-0.1, -0.05) is 12.1 Å². The van der Waals surface area contributed by atoms with E-state index in [9.17, 15) is 9.59 Å². The molecule has 0 heterocycles. The van der Waals surface area contributed by atoms with Gasteiger partial charge in [-0.3, -0.25) is 9.59 Å². The molecule has 0 aliphatic carbocycles. The maximum absolute atomic E-state index is 11.2. The predicted molar refractivity (Wildman–Crippen MR) is 65.0 cm³/mol. The lowest BCUT2D eigenvalue weighted by Gasteiger charge is -2.05. The molecule has 1 rings (SSSR count). The molecule has 1 amide bonds. The van der Waals surface area contributed by atoms with Crippen LogP contribution >= 0.6 is 0 Å². The number of hydrogen-bond acceptors (Lipinski definition) is 3. The summed E-state index contributed by atoms with van der Waals surface area (Å²) in [5, 5.41) is 2.70. The van der Waals surface area contributed by atoms with Crippen molar-refractivity contribution in [2.24, 2.45) is 0 Å². The lowest BCUT2D eigenvalue weighted by molar-refractivity contribution is -0.127. The number of rotatable bonds is 6. The molecular weight excluding hydrogens is 218 g/mol. The normalized spacial score (nSPS) is 9.76. The van der Waals surface area contributed by atoms with Crippen molar-refractivity contribution in [1.82, 2.24) is 5.32 Å². The smallest absolute Gasteiger partial charge is 0.227 e. The van der Waals surface area contributed by atoms with Crippen molar-refractivity contribution in [3.05, 3.63) is 29.8 Å². The molecule has 0 aromatic heterocycles. The third kappa shape index (κ3) is 5.15. The maximum Gasteiger partial charge on any atom is 0.227 e. The fourth-order valence-corrected chi connectivity index (χ4v) is 1.46. The van der Waals surface area contributed by atoms with E-state index >= 15 is 0 Å². The molecule has 17 heavy (non-hydrogen) atoms. The third-order valence-electron chi connectivity index (χ3n) is 2.28. The second-order valence-corrected chi connectivity index (χ2v) is 3.83. The van der Waals surface area contributed by atoms with Crippen molar-refractivity contribution in [3.8, 4) is 5.75 Å². The molecule has 0 bridgehead atoms. The summed E-state index contributed by atoms with van der Waals surface area (Å²) in [5.41, 5.74) is 1.09. The highest BCUT2D eigenvalue weighted by molar-refractivity contribution is 5.96. The summed E-state index contributed by atoms with van der Waals surface area (Å²) in [7, 11) is 1.62. The monoisotopic (exact) mass is 235 g/mol. The number of methoxy groups -OCH3 is 1. The number of ether oxygens (including phenoxy) is 1. The van der Waals surface area contributed by atoms with E-state index in [1.165, 1.54) is 6.92 Å². The van der Waals surface area contributed by atoms with Crippen LogP contribution in [0, 0.1) is 0 Å². The largest absolute Gasteiger partial charge is 0.497 e. The van der Waals surface area contributed by atoms with Gasteiger partial charge in [-0.15, -0.1) is 0 Å². The van der Waals surface area contributed by atoms with E-state index < -0.39 is 0 Å². The summed E-state index contributed by atoms with van der Waals surface area (Å²) in [5.74, 6) is 0.460. The highest BCUT2D eigenvalue weighted by Gasteiger charge is 2.04. The molecule has 4 nitrogen and oxygen atoms in total. The van der Waals surface area contributed by atoms with Crippen LogP contribution in [0.4, 0.5) is 0 Å². The van der Waals surface area contributed by atoms with Crippen LogP contribution in [0.25, 0.3) is 0 Å². The maximum atomic E-state index is 11.2. The number of carbonyl (C=O) groups excluding carboxylic acids is 2. The van der Waals surface area contributed by atoms with Gasteiger partial charge < -0.3 is 10.1 Å². The first-order valence-electron chi connectivity index (χ1n) is 5.51. The Morgan fingerprint density at radius 2 is 2.12 bits per heavy atom. The Bertz CT molecular complexity index is 401. The van der Waals surface area contributed by atoms with Crippen LogP contribution in [0.2, 0.25) is 0 Å². The lowest BCUT2D eigenvalue weighted by atomic mass is 10.1. The fraction of sp³-hybridized carbons (Fsp3) is 0.385. The van der Waals surface area contributed by atoms with E-state index in [-0.39, 0.29) is 18.1 Å². The molecule has 0 fully saturated rings. The molecule has 92 valence electrons. The summed E-state index contributed by atoms with van der Waals surface area (Å²) in [6.45, 7) is 1.93. The Kier molecular flexibility index (Phi) is 5.20. The molecule has 0 radical (unpaired) electrons. The van der Waals surface area contributed by atoms with Crippen LogP contribution < -0.4 is 10.1 Å². The number of hydrogen-bond donors (Lipinski definition) is 1. The van der Waals surface area contributed by atoms with Gasteiger partial charge in [-0.25, -0.2) is 0 Å². The van der Waals surface area contributed by atoms with Crippen molar-refractivity contribution >= 4 is 11.7 Å². The molecule has 1 N–H and O–H groups in total. The number of ketones is 1. The van der Waals surface area contributed by atoms with Gasteiger partial charge in [0.05, 0.1) is 13.5 Å². The molecule has 0 atom stereocenters. The van der Waals surface area contributed by atoms with Crippen LogP contribution in [0.5, 0.6) is 5.75 Å². The van der Waals surface area contributed by atoms with Crippen molar-refractivity contribution in [3.63, 3.8) is 0 Å². The average molecular weight is 235 g/mol. The SMILES string of the molecule is COc1cccc(CCNC(=O)CC(C)=O)c1. The van der Waals surface area contributed by atoms with Gasteiger partial charge >= 0.3 is 0 Å². The Labute approximate surface area is 101 Å². The molecule has 0 aliphatic heterocycles. The van der Waals surface area contributed by atoms with Crippen molar-refractivity contribution in [2.45, 2.75) is 19.8 Å². The van der Waals surface area contributed by atoms with Crippen LogP contribution in [0.1, 0.15) is 18.9 Å². The average Bonchev–Trinajstić information content (AvgIpc) is 2.28. The molecule has 0 saturated carbocycles. The molecule has 0 unspecified atom stereocenters. The van der Waals surface area contributed by atoms with E-state index in [0.29, 0.717) is 6.54 Å². The molecule has 0 saturated heterocycles. The van der Waals surface area contributed by atoms with Gasteiger partial charge in [-0.05, 0) is 31.0 Å². The lowest BCUT2D eigenvalue weighted by Crippen LogP contribution is -2.27. The van der Waals surface area contributed by atoms with Crippen molar-refractivity contribution in [1.29, 1.82) is 0 Å². The standard InChI is InChI=1S/C13H17NO3/c1-10(15)8-13(16)14-7-6-11-4-3-5-12(9-11)17-2/h3-5,9H,6-8H2,1-2H3,(H,14,16). The van der Waals surface area contributed by atoms with E-state index in [0.717, 1.165) is 17.7 Å². The Morgan fingerprint density at radius 1 is 1.35 bits per heavy atom. The van der Waals surface area contributed by atoms with Gasteiger partial charge in [0.1, 0.15) is 11.5 Å². The molecular formula is C13H17NO3. The van der Waals surface area contributed by atoms with Gasteiger partial charge in [0.2, 0.25) is 5.91 Å². The summed E-state index contributed by atoms with van der Waals surface area (Å²) in [6.07, 6.45) is 0.680. The minimum absolute atomic E-state index is 0.0435. The summed E-state index contributed by atoms with van der Waals surface area (Å²) in [4.78, 5) is 21.9. The van der Waals surface area contributed by atoms with Crippen LogP contribution in [0.15, 0.2) is 24.3 Å². The van der Waals surface area contributed by atoms with Crippen LogP contribution in [0.3, 0.4) is 0 Å². The minimum atomic E-state index is -0.222. The van der Waals surface area contributed by atoms with Gasteiger partial charge in [0.25, 0.3) is 0 Å². The number of amides is 1. The molecule has 1 aromatic rings. The molecule has 1 aromatic carbocycles. The van der Waals surface area contributed by atoms with E-state index in [4.69, 9.17) is 4.74 Å². The summed E-state index contributed by atoms with van der Waals surface area (Å²) in [6, 6.07) is 7.68. The predicted octanol–water partition coefficient (Wildman–Crippen LogP) is 1.33. The van der Waals surface area contributed by atoms with Crippen LogP contribution in [-0.4, -0.2) is 25.3 Å². The highest BCUT2D eigenvalue weighted by atomic mass is 16.5. The zero-order chi connectivity index (χ0) is 12.7. The number of benzene rings is 1. The van der Waals surface area contributed by atoms with E-state index in [1.54, 1.807) is 7.11 Å². The number of carbonyl (C=O) groups is 2. The zero-order valence-corrected chi connectivity index (χ0v) is 10.2. The zero-order valence-electron chi connectivity index (χ0n) is 10.2. The Hall–Kier alpha value is -1.84. The quantitative estimate of drug-likeness (QED) is 0.757. The molecule has 0 aliphatic rings. The third-order valence-corrected chi connectivity index (χ3v) is 2.28. The van der Waals surface area contributed by atoms with Gasteiger partial charge in [-0.2, -0.15) is 0 Å². The molecule has 4 heteroatoms. The first-order chi connectivity index (χ1) is 8.11. The second-order valence-electron chi connectivity index (χ2n) is 3.83. The number of Topliss-reactive ketones (excluding diaryl/α,β-unsaturated/α-hetero) is 1.